The van der Waals surface area contributed by atoms with Gasteiger partial charge in [-0.25, -0.2) is 0 Å². The zero-order chi connectivity index (χ0) is 12.1. The number of rotatable bonds is 0. The second kappa shape index (κ2) is 3.55. The molecule has 4 nitrogen and oxygen atoms in total. The average Bonchev–Trinajstić information content (AvgIpc) is 2.86. The number of hydrogen-bond acceptors (Lipinski definition) is 4. The second-order valence-electron chi connectivity index (χ2n) is 4.42. The molecular weight excluding hydrogens is 244 g/mol. The molecule has 0 bridgehead atoms. The van der Waals surface area contributed by atoms with E-state index in [9.17, 15) is 0 Å². The highest BCUT2D eigenvalue weighted by atomic mass is 32.2. The number of hydrogen-bond donors (Lipinski definition) is 2. The molecule has 3 N–H and O–H groups in total. The van der Waals surface area contributed by atoms with Crippen molar-refractivity contribution in [2.75, 3.05) is 17.2 Å². The molecule has 0 atom stereocenters. The Morgan fingerprint density at radius 2 is 2.22 bits per heavy atom. The van der Waals surface area contributed by atoms with Crippen molar-refractivity contribution in [1.29, 1.82) is 0 Å². The van der Waals surface area contributed by atoms with Crippen molar-refractivity contribution in [3.63, 3.8) is 0 Å². The Hall–Kier alpha value is -1.88. The first-order chi connectivity index (χ1) is 8.84. The molecule has 1 aromatic heterocycles. The lowest BCUT2D eigenvalue weighted by molar-refractivity contribution is 0.979. The molecule has 0 amide bonds. The molecule has 0 saturated heterocycles. The van der Waals surface area contributed by atoms with Crippen LogP contribution >= 0.6 is 11.8 Å². The predicted molar refractivity (Wildman–Crippen MR) is 74.4 cm³/mol. The summed E-state index contributed by atoms with van der Waals surface area (Å²) in [5.74, 6) is 0.587. The van der Waals surface area contributed by atoms with Gasteiger partial charge in [-0.1, -0.05) is 30.0 Å². The number of aromatic nitrogens is 2. The molecule has 0 saturated carbocycles. The summed E-state index contributed by atoms with van der Waals surface area (Å²) in [6.45, 7) is 0.987. The highest BCUT2D eigenvalue weighted by Gasteiger charge is 2.27. The van der Waals surface area contributed by atoms with E-state index in [1.54, 1.807) is 11.8 Å². The summed E-state index contributed by atoms with van der Waals surface area (Å²) >= 11 is 1.78. The summed E-state index contributed by atoms with van der Waals surface area (Å²) in [7, 11) is 0. The Morgan fingerprint density at radius 1 is 1.33 bits per heavy atom. The molecule has 2 aromatic rings. The van der Waals surface area contributed by atoms with Crippen LogP contribution in [0.3, 0.4) is 0 Å². The van der Waals surface area contributed by atoms with E-state index in [1.807, 2.05) is 0 Å². The molecule has 18 heavy (non-hydrogen) atoms. The number of aromatic amines is 1. The quantitative estimate of drug-likeness (QED) is 0.734. The van der Waals surface area contributed by atoms with Gasteiger partial charge in [-0.3, -0.25) is 5.10 Å². The van der Waals surface area contributed by atoms with Crippen molar-refractivity contribution in [3.05, 3.63) is 34.8 Å². The topological polar surface area (TPSA) is 57.9 Å². The van der Waals surface area contributed by atoms with Crippen LogP contribution in [0.4, 0.5) is 11.5 Å². The number of nitrogens with one attached hydrogen (secondary N) is 1. The van der Waals surface area contributed by atoms with E-state index in [-0.39, 0.29) is 0 Å². The van der Waals surface area contributed by atoms with Crippen molar-refractivity contribution in [2.24, 2.45) is 0 Å². The Balaban J connectivity index is 2.08. The zero-order valence-electron chi connectivity index (χ0n) is 9.68. The van der Waals surface area contributed by atoms with E-state index >= 15 is 0 Å². The Kier molecular flexibility index (Phi) is 1.99. The first-order valence-corrected chi connectivity index (χ1v) is 6.75. The maximum atomic E-state index is 6.00. The fraction of sp³-hybridized carbons (Fsp3) is 0.154. The number of nitrogens with two attached hydrogens (primary N) is 1. The zero-order valence-corrected chi connectivity index (χ0v) is 10.5. The summed E-state index contributed by atoms with van der Waals surface area (Å²) in [5, 5.41) is 10.4. The molecule has 2 aliphatic rings. The standard InChI is InChI=1S/C13H12N4S/c14-12-11-8(15-16-12)4-3-7-17-9-5-1-2-6-10(9)18-13(11)17/h1-2,4-6,15H,3,7H2,(H2,14,16). The van der Waals surface area contributed by atoms with Crippen LogP contribution in [0.5, 0.6) is 0 Å². The van der Waals surface area contributed by atoms with Gasteiger partial charge >= 0.3 is 0 Å². The summed E-state index contributed by atoms with van der Waals surface area (Å²) in [6, 6.07) is 8.47. The lowest BCUT2D eigenvalue weighted by atomic mass is 10.3. The number of para-hydroxylation sites is 1. The molecule has 0 aliphatic carbocycles. The molecular formula is C13H12N4S. The van der Waals surface area contributed by atoms with Crippen molar-refractivity contribution >= 4 is 34.4 Å². The lowest BCUT2D eigenvalue weighted by Gasteiger charge is -2.18. The van der Waals surface area contributed by atoms with Crippen molar-refractivity contribution < 1.29 is 0 Å². The number of thioether (sulfide) groups is 1. The fourth-order valence-corrected chi connectivity index (χ4v) is 3.78. The van der Waals surface area contributed by atoms with Gasteiger partial charge in [-0.2, -0.15) is 5.10 Å². The molecule has 90 valence electrons. The van der Waals surface area contributed by atoms with Crippen LogP contribution in [0.1, 0.15) is 6.42 Å². The Bertz CT molecular complexity index is 747. The van der Waals surface area contributed by atoms with Crippen LogP contribution in [0.15, 0.2) is 29.2 Å². The van der Waals surface area contributed by atoms with Crippen molar-refractivity contribution in [2.45, 2.75) is 11.3 Å². The van der Waals surface area contributed by atoms with Crippen LogP contribution in [0, 0.1) is 0 Å². The molecule has 0 radical (unpaired) electrons. The molecule has 0 unspecified atom stereocenters. The lowest BCUT2D eigenvalue weighted by Crippen LogP contribution is -2.29. The van der Waals surface area contributed by atoms with Gasteiger partial charge in [0.2, 0.25) is 0 Å². The molecule has 3 heterocycles. The molecule has 0 fully saturated rings. The fourth-order valence-electron chi connectivity index (χ4n) is 2.52. The number of fused-ring (bicyclic) bond motifs is 4. The van der Waals surface area contributed by atoms with Gasteiger partial charge in [-0.05, 0) is 18.6 Å². The van der Waals surface area contributed by atoms with Gasteiger partial charge in [-0.15, -0.1) is 0 Å². The van der Waals surface area contributed by atoms with Crippen LogP contribution < -0.4 is 21.2 Å². The van der Waals surface area contributed by atoms with Crippen molar-refractivity contribution in [3.8, 4) is 0 Å². The van der Waals surface area contributed by atoms with E-state index in [0.29, 0.717) is 5.82 Å². The molecule has 0 spiro atoms. The van der Waals surface area contributed by atoms with E-state index in [2.05, 4.69) is 45.4 Å². The maximum Gasteiger partial charge on any atom is 0.155 e. The number of anilines is 2. The minimum atomic E-state index is 0.587. The Labute approximate surface area is 108 Å². The van der Waals surface area contributed by atoms with E-state index < -0.39 is 0 Å². The third-order valence-electron chi connectivity index (χ3n) is 3.35. The second-order valence-corrected chi connectivity index (χ2v) is 5.45. The molecule has 4 rings (SSSR count). The predicted octanol–water partition coefficient (Wildman–Crippen LogP) is 0.854. The smallest absolute Gasteiger partial charge is 0.155 e. The van der Waals surface area contributed by atoms with E-state index in [4.69, 9.17) is 5.73 Å². The number of H-pyrrole nitrogens is 1. The van der Waals surface area contributed by atoms with Gasteiger partial charge in [0.05, 0.1) is 21.3 Å². The van der Waals surface area contributed by atoms with Gasteiger partial charge < -0.3 is 10.6 Å². The minimum absolute atomic E-state index is 0.587. The van der Waals surface area contributed by atoms with Crippen LogP contribution in [0.2, 0.25) is 0 Å². The summed E-state index contributed by atoms with van der Waals surface area (Å²) in [6.07, 6.45) is 3.17. The summed E-state index contributed by atoms with van der Waals surface area (Å²) in [4.78, 5) is 3.63. The van der Waals surface area contributed by atoms with E-state index in [0.717, 1.165) is 23.5 Å². The number of benzene rings is 1. The van der Waals surface area contributed by atoms with Gasteiger partial charge in [0.25, 0.3) is 0 Å². The maximum absolute atomic E-state index is 6.00. The van der Waals surface area contributed by atoms with Crippen LogP contribution in [-0.4, -0.2) is 16.7 Å². The highest BCUT2D eigenvalue weighted by molar-refractivity contribution is 8.08. The number of nitrogens with zero attached hydrogens (tertiary/aromatic N) is 2. The van der Waals surface area contributed by atoms with Gasteiger partial charge in [0.1, 0.15) is 0 Å². The third kappa shape index (κ3) is 1.25. The van der Waals surface area contributed by atoms with Crippen LogP contribution in [-0.2, 0) is 0 Å². The summed E-state index contributed by atoms with van der Waals surface area (Å²) in [5.41, 5.74) is 7.28. The normalized spacial score (nSPS) is 16.7. The first kappa shape index (κ1) is 10.1. The minimum Gasteiger partial charge on any atom is -0.382 e. The average molecular weight is 256 g/mol. The molecule has 1 aromatic carbocycles. The largest absolute Gasteiger partial charge is 0.382 e. The Morgan fingerprint density at radius 3 is 3.17 bits per heavy atom. The summed E-state index contributed by atoms with van der Waals surface area (Å²) < 4.78 is 0. The molecule has 5 heteroatoms. The first-order valence-electron chi connectivity index (χ1n) is 5.93. The van der Waals surface area contributed by atoms with Gasteiger partial charge in [0, 0.05) is 11.4 Å². The van der Waals surface area contributed by atoms with Crippen molar-refractivity contribution in [1.82, 2.24) is 10.2 Å². The highest BCUT2D eigenvalue weighted by Crippen LogP contribution is 2.46. The third-order valence-corrected chi connectivity index (χ3v) is 4.53. The molecule has 2 aliphatic heterocycles. The monoisotopic (exact) mass is 256 g/mol. The van der Waals surface area contributed by atoms with Crippen LogP contribution in [0.25, 0.3) is 11.1 Å². The SMILES string of the molecule is Nc1n[nH]c2c1=C1Sc3ccccc3N1CCC=2. The van der Waals surface area contributed by atoms with E-state index in [1.165, 1.54) is 15.6 Å². The van der Waals surface area contributed by atoms with Gasteiger partial charge in [0.15, 0.2) is 5.82 Å². The number of nitrogen functional groups attached to an aromatic ring is 1.